The quantitative estimate of drug-likeness (QED) is 0.197. The van der Waals surface area contributed by atoms with Gasteiger partial charge in [0, 0.05) is 52.6 Å². The summed E-state index contributed by atoms with van der Waals surface area (Å²) >= 11 is 0. The van der Waals surface area contributed by atoms with Gasteiger partial charge in [0.25, 0.3) is 0 Å². The van der Waals surface area contributed by atoms with Crippen LogP contribution in [0.2, 0.25) is 0 Å². The van der Waals surface area contributed by atoms with Gasteiger partial charge in [-0.3, -0.25) is 9.97 Å². The first-order valence-corrected chi connectivity index (χ1v) is 19.9. The van der Waals surface area contributed by atoms with Crippen LogP contribution in [-0.4, -0.2) is 29.9 Å². The highest BCUT2D eigenvalue weighted by molar-refractivity contribution is 5.62. The van der Waals surface area contributed by atoms with Crippen LogP contribution in [0, 0.1) is 6.92 Å². The molecule has 6 nitrogen and oxygen atoms in total. The summed E-state index contributed by atoms with van der Waals surface area (Å²) < 4.78 is 0. The summed E-state index contributed by atoms with van der Waals surface area (Å²) in [5.41, 5.74) is 8.15. The van der Waals surface area contributed by atoms with Crippen LogP contribution >= 0.6 is 0 Å². The Morgan fingerprint density at radius 3 is 1.69 bits per heavy atom. The molecular formula is C43H54N6. The topological polar surface area (TPSA) is 77.3 Å². The van der Waals surface area contributed by atoms with Crippen LogP contribution in [0.3, 0.4) is 0 Å². The van der Waals surface area contributed by atoms with E-state index >= 15 is 0 Å². The average Bonchev–Trinajstić information content (AvgIpc) is 3.19. The Kier molecular flexibility index (Phi) is 10.1. The van der Waals surface area contributed by atoms with Crippen molar-refractivity contribution in [2.24, 2.45) is 0 Å². The summed E-state index contributed by atoms with van der Waals surface area (Å²) in [5, 5.41) is 0. The maximum Gasteiger partial charge on any atom is 0.163 e. The molecule has 8 rings (SSSR count). The number of aryl methyl sites for hydroxylation is 1. The summed E-state index contributed by atoms with van der Waals surface area (Å²) in [6.45, 7) is 2.07. The molecule has 1 aromatic carbocycles. The molecule has 256 valence electrons. The number of nitrogens with zero attached hydrogens (tertiary/aromatic N) is 6. The molecular weight excluding hydrogens is 601 g/mol. The maximum absolute atomic E-state index is 5.90. The molecule has 0 aliphatic heterocycles. The third-order valence-corrected chi connectivity index (χ3v) is 12.3. The van der Waals surface area contributed by atoms with E-state index in [1.165, 1.54) is 126 Å². The van der Waals surface area contributed by atoms with Crippen molar-refractivity contribution in [2.75, 3.05) is 0 Å². The molecule has 3 aromatic heterocycles. The number of hydrogen-bond donors (Lipinski definition) is 0. The molecule has 4 fully saturated rings. The fraction of sp³-hybridized carbons (Fsp3) is 0.581. The fourth-order valence-corrected chi connectivity index (χ4v) is 9.51. The van der Waals surface area contributed by atoms with Gasteiger partial charge in [0.15, 0.2) is 5.82 Å². The van der Waals surface area contributed by atoms with E-state index < -0.39 is 0 Å². The molecule has 2 unspecified atom stereocenters. The predicted octanol–water partition coefficient (Wildman–Crippen LogP) is 11.3. The average molecular weight is 655 g/mol. The van der Waals surface area contributed by atoms with Gasteiger partial charge in [0.05, 0.1) is 22.8 Å². The second-order valence-corrected chi connectivity index (χ2v) is 15.7. The first-order chi connectivity index (χ1) is 24.2. The van der Waals surface area contributed by atoms with Crippen molar-refractivity contribution in [3.8, 4) is 22.6 Å². The van der Waals surface area contributed by atoms with Gasteiger partial charge in [-0.1, -0.05) is 101 Å². The zero-order chi connectivity index (χ0) is 33.0. The molecule has 6 heteroatoms. The minimum absolute atomic E-state index is 0.226. The molecule has 0 N–H and O–H groups in total. The van der Waals surface area contributed by atoms with Gasteiger partial charge in [-0.05, 0) is 70.4 Å². The summed E-state index contributed by atoms with van der Waals surface area (Å²) in [7, 11) is 0. The van der Waals surface area contributed by atoms with Gasteiger partial charge < -0.3 is 0 Å². The Labute approximate surface area is 293 Å². The number of benzene rings is 1. The van der Waals surface area contributed by atoms with E-state index in [2.05, 4.69) is 49.4 Å². The zero-order valence-corrected chi connectivity index (χ0v) is 29.6. The maximum atomic E-state index is 5.90. The van der Waals surface area contributed by atoms with Crippen LogP contribution in [0.1, 0.15) is 186 Å². The molecule has 2 atom stereocenters. The lowest BCUT2D eigenvalue weighted by Crippen LogP contribution is -2.25. The molecule has 4 aromatic rings. The molecule has 0 radical (unpaired) electrons. The molecule has 0 saturated heterocycles. The first-order valence-electron chi connectivity index (χ1n) is 19.9. The van der Waals surface area contributed by atoms with Gasteiger partial charge in [0.1, 0.15) is 11.6 Å². The van der Waals surface area contributed by atoms with E-state index in [-0.39, 0.29) is 11.8 Å². The van der Waals surface area contributed by atoms with Crippen molar-refractivity contribution in [3.05, 3.63) is 83.1 Å². The lowest BCUT2D eigenvalue weighted by molar-refractivity contribution is 0.351. The Morgan fingerprint density at radius 2 is 1.04 bits per heavy atom. The molecule has 3 heterocycles. The SMILES string of the molecule is Cc1ccc(-c2nc(C3CCCCC3)c(C3CCCCC3c3nc(-c4ccccc4)nc(C4CCCCC4)n3)nc2C2CCCCC2)cn1. The molecule has 0 bridgehead atoms. The number of aromatic nitrogens is 6. The van der Waals surface area contributed by atoms with Crippen molar-refractivity contribution >= 4 is 0 Å². The molecule has 0 amide bonds. The third-order valence-electron chi connectivity index (χ3n) is 12.3. The highest BCUT2D eigenvalue weighted by atomic mass is 15.0. The van der Waals surface area contributed by atoms with E-state index in [1.807, 2.05) is 6.20 Å². The minimum Gasteiger partial charge on any atom is -0.261 e. The lowest BCUT2D eigenvalue weighted by Gasteiger charge is -2.35. The summed E-state index contributed by atoms with van der Waals surface area (Å²) in [4.78, 5) is 32.4. The van der Waals surface area contributed by atoms with E-state index in [4.69, 9.17) is 29.9 Å². The van der Waals surface area contributed by atoms with Gasteiger partial charge in [0.2, 0.25) is 0 Å². The third kappa shape index (κ3) is 7.21. The van der Waals surface area contributed by atoms with Gasteiger partial charge in [-0.2, -0.15) is 0 Å². The van der Waals surface area contributed by atoms with Crippen molar-refractivity contribution in [1.29, 1.82) is 0 Å². The summed E-state index contributed by atoms with van der Waals surface area (Å²) in [6.07, 6.45) is 25.5. The largest absolute Gasteiger partial charge is 0.261 e. The van der Waals surface area contributed by atoms with Crippen LogP contribution < -0.4 is 0 Å². The second kappa shape index (κ2) is 15.1. The van der Waals surface area contributed by atoms with Crippen molar-refractivity contribution in [3.63, 3.8) is 0 Å². The number of pyridine rings is 1. The second-order valence-electron chi connectivity index (χ2n) is 15.7. The molecule has 0 spiro atoms. The first kappa shape index (κ1) is 32.7. The van der Waals surface area contributed by atoms with E-state index in [0.29, 0.717) is 17.8 Å². The minimum atomic E-state index is 0.226. The van der Waals surface area contributed by atoms with Crippen LogP contribution in [0.4, 0.5) is 0 Å². The van der Waals surface area contributed by atoms with Crippen LogP contribution in [0.25, 0.3) is 22.6 Å². The van der Waals surface area contributed by atoms with E-state index in [0.717, 1.165) is 52.8 Å². The van der Waals surface area contributed by atoms with Crippen molar-refractivity contribution in [2.45, 2.75) is 159 Å². The Balaban J connectivity index is 1.27. The van der Waals surface area contributed by atoms with E-state index in [1.54, 1.807) is 0 Å². The Bertz CT molecular complexity index is 1680. The summed E-state index contributed by atoms with van der Waals surface area (Å²) in [5.74, 6) is 4.72. The summed E-state index contributed by atoms with van der Waals surface area (Å²) in [6, 6.07) is 15.0. The van der Waals surface area contributed by atoms with Crippen LogP contribution in [-0.2, 0) is 0 Å². The standard InChI is InChI=1S/C43H54N6/c1-29-26-27-34(28-44-29)39-37(30-16-6-2-7-17-30)46-40(38(45-39)31-18-8-3-9-19-31)35-24-14-15-25-36(35)43-48-41(32-20-10-4-11-21-32)47-42(49-43)33-22-12-5-13-23-33/h4,10-11,20-21,26-28,30-31,33,35-36H,2-3,5-9,12-19,22-25H2,1H3. The highest BCUT2D eigenvalue weighted by Gasteiger charge is 2.37. The normalized spacial score (nSPS) is 23.0. The molecule has 49 heavy (non-hydrogen) atoms. The molecule has 4 saturated carbocycles. The van der Waals surface area contributed by atoms with Gasteiger partial charge >= 0.3 is 0 Å². The fourth-order valence-electron chi connectivity index (χ4n) is 9.51. The van der Waals surface area contributed by atoms with Gasteiger partial charge in [-0.15, -0.1) is 0 Å². The number of hydrogen-bond acceptors (Lipinski definition) is 6. The lowest BCUT2D eigenvalue weighted by atomic mass is 9.73. The van der Waals surface area contributed by atoms with E-state index in [9.17, 15) is 0 Å². The number of rotatable bonds is 7. The van der Waals surface area contributed by atoms with Crippen LogP contribution in [0.5, 0.6) is 0 Å². The smallest absolute Gasteiger partial charge is 0.163 e. The monoisotopic (exact) mass is 654 g/mol. The van der Waals surface area contributed by atoms with Gasteiger partial charge in [-0.25, -0.2) is 19.9 Å². The van der Waals surface area contributed by atoms with Crippen molar-refractivity contribution in [1.82, 2.24) is 29.9 Å². The zero-order valence-electron chi connectivity index (χ0n) is 29.6. The predicted molar refractivity (Wildman–Crippen MR) is 197 cm³/mol. The Morgan fingerprint density at radius 1 is 0.449 bits per heavy atom. The van der Waals surface area contributed by atoms with Crippen molar-refractivity contribution < 1.29 is 0 Å². The molecule has 4 aliphatic carbocycles. The highest BCUT2D eigenvalue weighted by Crippen LogP contribution is 2.48. The molecule has 4 aliphatic rings. The Hall–Kier alpha value is -3.54. The van der Waals surface area contributed by atoms with Crippen LogP contribution in [0.15, 0.2) is 48.7 Å².